The van der Waals surface area contributed by atoms with E-state index in [1.54, 1.807) is 12.1 Å². The molecule has 0 radical (unpaired) electrons. The van der Waals surface area contributed by atoms with Gasteiger partial charge in [-0.2, -0.15) is 5.26 Å². The predicted octanol–water partition coefficient (Wildman–Crippen LogP) is 3.51. The third kappa shape index (κ3) is 4.50. The average molecular weight is 405 g/mol. The summed E-state index contributed by atoms with van der Waals surface area (Å²) in [5.41, 5.74) is 0.0721. The molecule has 2 rings (SSSR count). The van der Waals surface area contributed by atoms with E-state index in [-0.39, 0.29) is 47.0 Å². The first-order chi connectivity index (χ1) is 13.3. The molecule has 28 heavy (non-hydrogen) atoms. The van der Waals surface area contributed by atoms with E-state index in [9.17, 15) is 19.6 Å². The zero-order chi connectivity index (χ0) is 20.8. The molecule has 1 aromatic carbocycles. The number of aryl methyl sites for hydroxylation is 1. The van der Waals surface area contributed by atoms with Gasteiger partial charge in [0.05, 0.1) is 19.8 Å². The highest BCUT2D eigenvalue weighted by Gasteiger charge is 2.25. The Bertz CT molecular complexity index is 974. The summed E-state index contributed by atoms with van der Waals surface area (Å²) in [5, 5.41) is 12.0. The summed E-state index contributed by atoms with van der Waals surface area (Å²) in [5.74, 6) is -1.32. The number of furan rings is 1. The molecule has 0 aliphatic rings. The second-order valence-corrected chi connectivity index (χ2v) is 6.09. The number of nitriles is 1. The maximum atomic E-state index is 12.4. The summed E-state index contributed by atoms with van der Waals surface area (Å²) in [7, 11) is 2.60. The van der Waals surface area contributed by atoms with Crippen molar-refractivity contribution in [1.29, 1.82) is 5.26 Å². The topological polar surface area (TPSA) is 119 Å². The summed E-state index contributed by atoms with van der Waals surface area (Å²) in [6.07, 6.45) is -0.291. The van der Waals surface area contributed by atoms with Crippen LogP contribution in [-0.2, 0) is 9.53 Å². The van der Waals surface area contributed by atoms with Crippen molar-refractivity contribution in [3.8, 4) is 11.8 Å². The highest BCUT2D eigenvalue weighted by Crippen LogP contribution is 2.28. The van der Waals surface area contributed by atoms with Crippen molar-refractivity contribution in [1.82, 2.24) is 0 Å². The monoisotopic (exact) mass is 404 g/mol. The third-order valence-electron chi connectivity index (χ3n) is 3.88. The third-order valence-corrected chi connectivity index (χ3v) is 4.11. The molecule has 1 amide bonds. The minimum absolute atomic E-state index is 0.0555. The van der Waals surface area contributed by atoms with Gasteiger partial charge in [-0.15, -0.1) is 0 Å². The lowest BCUT2D eigenvalue weighted by atomic mass is 10.1. The van der Waals surface area contributed by atoms with E-state index in [1.165, 1.54) is 27.2 Å². The SMILES string of the molecule is COC(=O)c1c(C)oc(NC(=O)CCC(=O)c2cc(Cl)ccc2OC)c1C#N. The summed E-state index contributed by atoms with van der Waals surface area (Å²) in [6, 6.07) is 6.43. The molecule has 1 aromatic heterocycles. The Morgan fingerprint density at radius 2 is 1.96 bits per heavy atom. The Hall–Kier alpha value is -3.31. The summed E-state index contributed by atoms with van der Waals surface area (Å²) in [4.78, 5) is 36.3. The van der Waals surface area contributed by atoms with Crippen molar-refractivity contribution >= 4 is 35.1 Å². The number of nitrogens with one attached hydrogen (secondary N) is 1. The van der Waals surface area contributed by atoms with Crippen LogP contribution in [0.2, 0.25) is 5.02 Å². The van der Waals surface area contributed by atoms with Crippen molar-refractivity contribution in [3.05, 3.63) is 45.7 Å². The first kappa shape index (κ1) is 21.0. The second-order valence-electron chi connectivity index (χ2n) is 5.66. The van der Waals surface area contributed by atoms with Gasteiger partial charge in [-0.1, -0.05) is 11.6 Å². The minimum Gasteiger partial charge on any atom is -0.496 e. The first-order valence-corrected chi connectivity index (χ1v) is 8.48. The number of nitrogens with zero attached hydrogens (tertiary/aromatic N) is 1. The molecule has 0 bridgehead atoms. The number of ketones is 1. The number of carbonyl (C=O) groups excluding carboxylic acids is 3. The lowest BCUT2D eigenvalue weighted by molar-refractivity contribution is -0.116. The Morgan fingerprint density at radius 3 is 2.57 bits per heavy atom. The standard InChI is InChI=1S/C19H17ClN2O6/c1-10-17(19(25)27-3)13(9-21)18(28-10)22-16(24)7-5-14(23)12-8-11(20)4-6-15(12)26-2/h4,6,8H,5,7H2,1-3H3,(H,22,24). The van der Waals surface area contributed by atoms with Gasteiger partial charge in [0, 0.05) is 17.9 Å². The molecule has 0 aliphatic heterocycles. The van der Waals surface area contributed by atoms with E-state index in [2.05, 4.69) is 10.1 Å². The maximum absolute atomic E-state index is 12.4. The van der Waals surface area contributed by atoms with Gasteiger partial charge in [-0.05, 0) is 25.1 Å². The number of benzene rings is 1. The van der Waals surface area contributed by atoms with Crippen LogP contribution in [0.15, 0.2) is 22.6 Å². The predicted molar refractivity (Wildman–Crippen MR) is 99.7 cm³/mol. The van der Waals surface area contributed by atoms with Crippen molar-refractivity contribution in [2.75, 3.05) is 19.5 Å². The Morgan fingerprint density at radius 1 is 1.25 bits per heavy atom. The maximum Gasteiger partial charge on any atom is 0.342 e. The van der Waals surface area contributed by atoms with Crippen molar-refractivity contribution in [2.45, 2.75) is 19.8 Å². The van der Waals surface area contributed by atoms with Crippen LogP contribution >= 0.6 is 11.6 Å². The zero-order valence-electron chi connectivity index (χ0n) is 15.4. The fourth-order valence-electron chi connectivity index (χ4n) is 2.54. The van der Waals surface area contributed by atoms with Crippen LogP contribution in [0.1, 0.15) is 44.9 Å². The number of rotatable bonds is 7. The molecular weight excluding hydrogens is 388 g/mol. The molecule has 0 aliphatic carbocycles. The van der Waals surface area contributed by atoms with Gasteiger partial charge < -0.3 is 13.9 Å². The van der Waals surface area contributed by atoms with Gasteiger partial charge in [-0.25, -0.2) is 4.79 Å². The number of halogens is 1. The molecule has 0 unspecified atom stereocenters. The van der Waals surface area contributed by atoms with E-state index < -0.39 is 11.9 Å². The van der Waals surface area contributed by atoms with Crippen molar-refractivity contribution in [3.63, 3.8) is 0 Å². The summed E-state index contributed by atoms with van der Waals surface area (Å²) < 4.78 is 15.0. The number of carbonyl (C=O) groups is 3. The van der Waals surface area contributed by atoms with E-state index in [1.807, 2.05) is 6.07 Å². The molecule has 0 saturated carbocycles. The Balaban J connectivity index is 2.10. The van der Waals surface area contributed by atoms with Crippen LogP contribution in [0.4, 0.5) is 5.88 Å². The number of ether oxygens (including phenoxy) is 2. The minimum atomic E-state index is -0.749. The molecule has 0 atom stereocenters. The number of methoxy groups -OCH3 is 2. The van der Waals surface area contributed by atoms with Crippen LogP contribution in [0, 0.1) is 18.3 Å². The fraction of sp³-hybridized carbons (Fsp3) is 0.263. The van der Waals surface area contributed by atoms with Crippen LogP contribution < -0.4 is 10.1 Å². The highest BCUT2D eigenvalue weighted by molar-refractivity contribution is 6.31. The van der Waals surface area contributed by atoms with Gasteiger partial charge in [0.1, 0.15) is 28.7 Å². The van der Waals surface area contributed by atoms with Crippen LogP contribution in [-0.4, -0.2) is 31.9 Å². The number of anilines is 1. The fourth-order valence-corrected chi connectivity index (χ4v) is 2.71. The molecule has 146 valence electrons. The van der Waals surface area contributed by atoms with E-state index >= 15 is 0 Å². The first-order valence-electron chi connectivity index (χ1n) is 8.10. The molecule has 8 nitrogen and oxygen atoms in total. The van der Waals surface area contributed by atoms with E-state index in [4.69, 9.17) is 20.8 Å². The van der Waals surface area contributed by atoms with Gasteiger partial charge >= 0.3 is 5.97 Å². The van der Waals surface area contributed by atoms with Gasteiger partial charge in [0.2, 0.25) is 11.8 Å². The van der Waals surface area contributed by atoms with E-state index in [0.717, 1.165) is 0 Å². The smallest absolute Gasteiger partial charge is 0.342 e. The quantitative estimate of drug-likeness (QED) is 0.553. The number of amides is 1. The number of hydrogen-bond acceptors (Lipinski definition) is 7. The lowest BCUT2D eigenvalue weighted by Crippen LogP contribution is -2.14. The van der Waals surface area contributed by atoms with Crippen LogP contribution in [0.3, 0.4) is 0 Å². The molecule has 0 spiro atoms. The normalized spacial score (nSPS) is 10.1. The zero-order valence-corrected chi connectivity index (χ0v) is 16.2. The van der Waals surface area contributed by atoms with Crippen LogP contribution in [0.5, 0.6) is 5.75 Å². The van der Waals surface area contributed by atoms with Crippen LogP contribution in [0.25, 0.3) is 0 Å². The summed E-state index contributed by atoms with van der Waals surface area (Å²) in [6.45, 7) is 1.47. The molecule has 1 N–H and O–H groups in total. The highest BCUT2D eigenvalue weighted by atomic mass is 35.5. The van der Waals surface area contributed by atoms with E-state index in [0.29, 0.717) is 10.8 Å². The number of esters is 1. The number of Topliss-reactive ketones (excluding diaryl/α,β-unsaturated/α-hetero) is 1. The molecule has 2 aromatic rings. The lowest BCUT2D eigenvalue weighted by Gasteiger charge is -2.08. The number of hydrogen-bond donors (Lipinski definition) is 1. The molecule has 1 heterocycles. The summed E-state index contributed by atoms with van der Waals surface area (Å²) >= 11 is 5.91. The second kappa shape index (κ2) is 9.06. The molecule has 0 saturated heterocycles. The Kier molecular flexibility index (Phi) is 6.79. The van der Waals surface area contributed by atoms with Crippen molar-refractivity contribution < 1.29 is 28.3 Å². The Labute approximate surface area is 166 Å². The van der Waals surface area contributed by atoms with Gasteiger partial charge in [0.25, 0.3) is 0 Å². The average Bonchev–Trinajstić information content (AvgIpc) is 3.00. The molecular formula is C19H17ClN2O6. The molecule has 9 heteroatoms. The largest absolute Gasteiger partial charge is 0.496 e. The van der Waals surface area contributed by atoms with Gasteiger partial charge in [0.15, 0.2) is 5.78 Å². The molecule has 0 fully saturated rings. The van der Waals surface area contributed by atoms with Gasteiger partial charge in [-0.3, -0.25) is 14.9 Å². The van der Waals surface area contributed by atoms with Crippen molar-refractivity contribution in [2.24, 2.45) is 0 Å².